The predicted molar refractivity (Wildman–Crippen MR) is 80.6 cm³/mol. The van der Waals surface area contributed by atoms with Crippen LogP contribution in [0.4, 0.5) is 11.4 Å². The number of benzene rings is 1. The minimum Gasteiger partial charge on any atom is -0.462 e. The number of nitrogens with zero attached hydrogens (tertiary/aromatic N) is 1. The van der Waals surface area contributed by atoms with Crippen LogP contribution >= 0.6 is 0 Å². The summed E-state index contributed by atoms with van der Waals surface area (Å²) in [6, 6.07) is 4.67. The first-order valence-electron chi connectivity index (χ1n) is 7.17. The fraction of sp³-hybridized carbons (Fsp3) is 0.467. The highest BCUT2D eigenvalue weighted by Crippen LogP contribution is 2.15. The number of amides is 1. The SMILES string of the molecule is Nc1cc(N)cc(C(=O)OCCCCN2CCCC2=O)c1. The summed E-state index contributed by atoms with van der Waals surface area (Å²) in [4.78, 5) is 25.1. The molecule has 1 aromatic rings. The van der Waals surface area contributed by atoms with E-state index < -0.39 is 5.97 Å². The van der Waals surface area contributed by atoms with E-state index in [9.17, 15) is 9.59 Å². The van der Waals surface area contributed by atoms with Crippen LogP contribution in [0.2, 0.25) is 0 Å². The predicted octanol–water partition coefficient (Wildman–Crippen LogP) is 1.41. The summed E-state index contributed by atoms with van der Waals surface area (Å²) >= 11 is 0. The van der Waals surface area contributed by atoms with E-state index >= 15 is 0 Å². The maximum absolute atomic E-state index is 11.8. The topological polar surface area (TPSA) is 98.7 Å². The summed E-state index contributed by atoms with van der Waals surface area (Å²) in [7, 11) is 0. The van der Waals surface area contributed by atoms with Gasteiger partial charge in [0, 0.05) is 30.9 Å². The molecule has 114 valence electrons. The Morgan fingerprint density at radius 1 is 1.19 bits per heavy atom. The molecule has 0 saturated carbocycles. The molecule has 0 atom stereocenters. The minimum atomic E-state index is -0.425. The van der Waals surface area contributed by atoms with Crippen LogP contribution in [0.1, 0.15) is 36.0 Å². The summed E-state index contributed by atoms with van der Waals surface area (Å²) in [5.74, 6) is -0.200. The van der Waals surface area contributed by atoms with E-state index in [2.05, 4.69) is 0 Å². The van der Waals surface area contributed by atoms with Gasteiger partial charge in [0.25, 0.3) is 0 Å². The van der Waals surface area contributed by atoms with Crippen LogP contribution in [0.5, 0.6) is 0 Å². The lowest BCUT2D eigenvalue weighted by atomic mass is 10.2. The second kappa shape index (κ2) is 6.97. The fourth-order valence-electron chi connectivity index (χ4n) is 2.39. The molecule has 1 aromatic carbocycles. The molecule has 6 heteroatoms. The van der Waals surface area contributed by atoms with Gasteiger partial charge in [0.05, 0.1) is 12.2 Å². The molecule has 0 radical (unpaired) electrons. The number of ether oxygens (including phenoxy) is 1. The third kappa shape index (κ3) is 4.37. The van der Waals surface area contributed by atoms with E-state index in [-0.39, 0.29) is 5.91 Å². The molecule has 1 amide bonds. The average molecular weight is 291 g/mol. The lowest BCUT2D eigenvalue weighted by Crippen LogP contribution is -2.25. The molecule has 6 nitrogen and oxygen atoms in total. The number of rotatable bonds is 6. The van der Waals surface area contributed by atoms with Crippen LogP contribution in [0.25, 0.3) is 0 Å². The third-order valence-electron chi connectivity index (χ3n) is 3.44. The Balaban J connectivity index is 1.68. The van der Waals surface area contributed by atoms with Gasteiger partial charge in [-0.1, -0.05) is 0 Å². The van der Waals surface area contributed by atoms with Crippen LogP contribution in [-0.2, 0) is 9.53 Å². The van der Waals surface area contributed by atoms with Crippen LogP contribution in [0, 0.1) is 0 Å². The molecule has 0 aliphatic carbocycles. The molecule has 1 aliphatic rings. The lowest BCUT2D eigenvalue weighted by Gasteiger charge is -2.14. The van der Waals surface area contributed by atoms with E-state index in [1.165, 1.54) is 0 Å². The van der Waals surface area contributed by atoms with Crippen molar-refractivity contribution >= 4 is 23.3 Å². The van der Waals surface area contributed by atoms with Gasteiger partial charge in [0.15, 0.2) is 0 Å². The number of hydrogen-bond acceptors (Lipinski definition) is 5. The van der Waals surface area contributed by atoms with Crippen molar-refractivity contribution in [3.8, 4) is 0 Å². The van der Waals surface area contributed by atoms with E-state index in [1.807, 2.05) is 4.90 Å². The summed E-state index contributed by atoms with van der Waals surface area (Å²) in [6.07, 6.45) is 3.17. The quantitative estimate of drug-likeness (QED) is 0.469. The first kappa shape index (κ1) is 15.2. The molecule has 0 spiro atoms. The highest BCUT2D eigenvalue weighted by atomic mass is 16.5. The second-order valence-electron chi connectivity index (χ2n) is 5.22. The van der Waals surface area contributed by atoms with Crippen LogP contribution in [0.15, 0.2) is 18.2 Å². The van der Waals surface area contributed by atoms with E-state index in [4.69, 9.17) is 16.2 Å². The van der Waals surface area contributed by atoms with Gasteiger partial charge in [0.1, 0.15) is 0 Å². The van der Waals surface area contributed by atoms with Gasteiger partial charge in [-0.15, -0.1) is 0 Å². The van der Waals surface area contributed by atoms with E-state index in [0.29, 0.717) is 30.0 Å². The Morgan fingerprint density at radius 3 is 2.52 bits per heavy atom. The number of anilines is 2. The van der Waals surface area contributed by atoms with Crippen molar-refractivity contribution in [3.05, 3.63) is 23.8 Å². The Labute approximate surface area is 124 Å². The Morgan fingerprint density at radius 2 is 1.90 bits per heavy atom. The normalized spacial score (nSPS) is 14.5. The van der Waals surface area contributed by atoms with Crippen molar-refractivity contribution < 1.29 is 14.3 Å². The van der Waals surface area contributed by atoms with E-state index in [0.717, 1.165) is 32.4 Å². The molecular formula is C15H21N3O3. The molecule has 4 N–H and O–H groups in total. The molecule has 0 bridgehead atoms. The minimum absolute atomic E-state index is 0.224. The Hall–Kier alpha value is -2.24. The number of carbonyl (C=O) groups excluding carboxylic acids is 2. The van der Waals surface area contributed by atoms with Gasteiger partial charge < -0.3 is 21.1 Å². The van der Waals surface area contributed by atoms with E-state index in [1.54, 1.807) is 18.2 Å². The molecule has 2 rings (SSSR count). The molecule has 0 aromatic heterocycles. The summed E-state index contributed by atoms with van der Waals surface area (Å²) in [5, 5.41) is 0. The van der Waals surface area contributed by atoms with Crippen LogP contribution in [0.3, 0.4) is 0 Å². The van der Waals surface area contributed by atoms with Gasteiger partial charge in [-0.05, 0) is 37.5 Å². The van der Waals surface area contributed by atoms with Crippen LogP contribution < -0.4 is 11.5 Å². The van der Waals surface area contributed by atoms with Gasteiger partial charge >= 0.3 is 5.97 Å². The molecule has 1 fully saturated rings. The lowest BCUT2D eigenvalue weighted by molar-refractivity contribution is -0.127. The number of hydrogen-bond donors (Lipinski definition) is 2. The van der Waals surface area contributed by atoms with Crippen molar-refractivity contribution in [2.45, 2.75) is 25.7 Å². The van der Waals surface area contributed by atoms with Crippen molar-refractivity contribution in [1.29, 1.82) is 0 Å². The maximum atomic E-state index is 11.8. The monoisotopic (exact) mass is 291 g/mol. The third-order valence-corrected chi connectivity index (χ3v) is 3.44. The molecule has 0 unspecified atom stereocenters. The molecule has 1 aliphatic heterocycles. The standard InChI is InChI=1S/C15H21N3O3/c16-12-8-11(9-13(17)10-12)15(20)21-7-2-1-5-18-6-3-4-14(18)19/h8-10H,1-7,16-17H2. The number of esters is 1. The highest BCUT2D eigenvalue weighted by molar-refractivity contribution is 5.91. The largest absolute Gasteiger partial charge is 0.462 e. The van der Waals surface area contributed by atoms with Crippen molar-refractivity contribution in [3.63, 3.8) is 0 Å². The highest BCUT2D eigenvalue weighted by Gasteiger charge is 2.19. The second-order valence-corrected chi connectivity index (χ2v) is 5.22. The Bertz CT molecular complexity index is 511. The number of unbranched alkanes of at least 4 members (excludes halogenated alkanes) is 1. The first-order chi connectivity index (χ1) is 10.1. The first-order valence-corrected chi connectivity index (χ1v) is 7.17. The van der Waals surface area contributed by atoms with Gasteiger partial charge in [0.2, 0.25) is 5.91 Å². The zero-order valence-electron chi connectivity index (χ0n) is 12.0. The van der Waals surface area contributed by atoms with Crippen LogP contribution in [-0.4, -0.2) is 36.5 Å². The summed E-state index contributed by atoms with van der Waals surface area (Å²) in [5.41, 5.74) is 12.5. The summed E-state index contributed by atoms with van der Waals surface area (Å²) < 4.78 is 5.18. The smallest absolute Gasteiger partial charge is 0.338 e. The van der Waals surface area contributed by atoms with Crippen molar-refractivity contribution in [1.82, 2.24) is 4.90 Å². The Kier molecular flexibility index (Phi) is 5.03. The maximum Gasteiger partial charge on any atom is 0.338 e. The molecule has 1 heterocycles. The molecule has 21 heavy (non-hydrogen) atoms. The number of nitrogens with two attached hydrogens (primary N) is 2. The van der Waals surface area contributed by atoms with Crippen molar-refractivity contribution in [2.24, 2.45) is 0 Å². The van der Waals surface area contributed by atoms with Gasteiger partial charge in [-0.25, -0.2) is 4.79 Å². The molecular weight excluding hydrogens is 270 g/mol. The summed E-state index contributed by atoms with van der Waals surface area (Å²) in [6.45, 7) is 1.92. The zero-order valence-corrected chi connectivity index (χ0v) is 12.0. The zero-order chi connectivity index (χ0) is 15.2. The number of nitrogen functional groups attached to an aromatic ring is 2. The average Bonchev–Trinajstić information content (AvgIpc) is 2.82. The molecule has 1 saturated heterocycles. The van der Waals surface area contributed by atoms with Gasteiger partial charge in [-0.2, -0.15) is 0 Å². The fourth-order valence-corrected chi connectivity index (χ4v) is 2.39. The number of likely N-dealkylation sites (tertiary alicyclic amines) is 1. The van der Waals surface area contributed by atoms with Crippen molar-refractivity contribution in [2.75, 3.05) is 31.2 Å². The van der Waals surface area contributed by atoms with Gasteiger partial charge in [-0.3, -0.25) is 4.79 Å². The number of carbonyl (C=O) groups is 2.